The monoisotopic (exact) mass is 407 g/mol. The van der Waals surface area contributed by atoms with Crippen molar-refractivity contribution < 1.29 is 0 Å². The molecule has 0 bridgehead atoms. The van der Waals surface area contributed by atoms with Gasteiger partial charge in [-0.05, 0) is 18.4 Å². The van der Waals surface area contributed by atoms with Crippen molar-refractivity contribution in [3.63, 3.8) is 0 Å². The molecular weight excluding hydrogens is 377 g/mol. The number of H-pyrrole nitrogens is 1. The number of aromatic nitrogens is 2. The van der Waals surface area contributed by atoms with Crippen molar-refractivity contribution in [3.8, 4) is 0 Å². The van der Waals surface area contributed by atoms with Crippen molar-refractivity contribution in [1.29, 1.82) is 0 Å². The molecule has 0 amide bonds. The molecule has 21 heavy (non-hydrogen) atoms. The fraction of sp³-hybridized carbons (Fsp3) is 0.733. The third kappa shape index (κ3) is 10.6. The molecular formula is C15H30IN5. The number of aromatic amines is 1. The Hall–Kier alpha value is -0.790. The van der Waals surface area contributed by atoms with Crippen LogP contribution in [0.25, 0.3) is 0 Å². The van der Waals surface area contributed by atoms with Gasteiger partial charge in [-0.15, -0.1) is 24.0 Å². The molecule has 0 saturated carbocycles. The van der Waals surface area contributed by atoms with Crippen molar-refractivity contribution in [2.45, 2.75) is 52.5 Å². The Morgan fingerprint density at radius 2 is 2.00 bits per heavy atom. The average Bonchev–Trinajstić information content (AvgIpc) is 2.94. The van der Waals surface area contributed by atoms with Gasteiger partial charge in [-0.3, -0.25) is 10.1 Å². The first-order chi connectivity index (χ1) is 9.72. The summed E-state index contributed by atoms with van der Waals surface area (Å²) in [6, 6.07) is 1.95. The van der Waals surface area contributed by atoms with Crippen LogP contribution in [0.4, 0.5) is 0 Å². The molecule has 1 heterocycles. The van der Waals surface area contributed by atoms with E-state index < -0.39 is 0 Å². The lowest BCUT2D eigenvalue weighted by atomic mass is 10.0. The van der Waals surface area contributed by atoms with Gasteiger partial charge in [-0.2, -0.15) is 5.10 Å². The molecule has 122 valence electrons. The highest BCUT2D eigenvalue weighted by Crippen LogP contribution is 2.08. The van der Waals surface area contributed by atoms with Gasteiger partial charge >= 0.3 is 0 Å². The van der Waals surface area contributed by atoms with E-state index in [0.29, 0.717) is 6.54 Å². The quantitative estimate of drug-likeness (QED) is 0.255. The van der Waals surface area contributed by atoms with Gasteiger partial charge in [-0.1, -0.05) is 39.5 Å². The second-order valence-electron chi connectivity index (χ2n) is 5.53. The Kier molecular flexibility index (Phi) is 12.4. The van der Waals surface area contributed by atoms with Crippen LogP contribution in [0.3, 0.4) is 0 Å². The van der Waals surface area contributed by atoms with Gasteiger partial charge in [0.25, 0.3) is 0 Å². The third-order valence-electron chi connectivity index (χ3n) is 3.23. The highest BCUT2D eigenvalue weighted by molar-refractivity contribution is 14.0. The summed E-state index contributed by atoms with van der Waals surface area (Å²) >= 11 is 0. The molecule has 0 radical (unpaired) electrons. The maximum absolute atomic E-state index is 4.20. The highest BCUT2D eigenvalue weighted by Gasteiger charge is 1.99. The smallest absolute Gasteiger partial charge is 0.191 e. The Balaban J connectivity index is 0.00000400. The third-order valence-corrected chi connectivity index (χ3v) is 3.23. The number of guanidine groups is 1. The number of hydrogen-bond acceptors (Lipinski definition) is 2. The largest absolute Gasteiger partial charge is 0.356 e. The van der Waals surface area contributed by atoms with Crippen molar-refractivity contribution in [3.05, 3.63) is 18.0 Å². The van der Waals surface area contributed by atoms with Crippen LogP contribution >= 0.6 is 24.0 Å². The summed E-state index contributed by atoms with van der Waals surface area (Å²) in [5.41, 5.74) is 1.06. The summed E-state index contributed by atoms with van der Waals surface area (Å²) in [5, 5.41) is 13.4. The number of halogens is 1. The molecule has 5 nitrogen and oxygen atoms in total. The minimum absolute atomic E-state index is 0. The van der Waals surface area contributed by atoms with E-state index in [-0.39, 0.29) is 24.0 Å². The van der Waals surface area contributed by atoms with E-state index in [1.54, 1.807) is 13.2 Å². The van der Waals surface area contributed by atoms with E-state index >= 15 is 0 Å². The molecule has 1 aromatic rings. The summed E-state index contributed by atoms with van der Waals surface area (Å²) in [7, 11) is 1.80. The SMILES string of the molecule is CN=C(NCCCCCCC(C)C)NCc1ccn[nH]1.I. The van der Waals surface area contributed by atoms with Gasteiger partial charge < -0.3 is 10.6 Å². The maximum Gasteiger partial charge on any atom is 0.191 e. The average molecular weight is 407 g/mol. The van der Waals surface area contributed by atoms with E-state index in [1.165, 1.54) is 32.1 Å². The normalized spacial score (nSPS) is 11.3. The number of hydrogen-bond donors (Lipinski definition) is 3. The van der Waals surface area contributed by atoms with E-state index in [9.17, 15) is 0 Å². The molecule has 0 aromatic carbocycles. The van der Waals surface area contributed by atoms with Crippen LogP contribution in [0.1, 0.15) is 51.6 Å². The maximum atomic E-state index is 4.20. The zero-order valence-electron chi connectivity index (χ0n) is 13.5. The zero-order valence-corrected chi connectivity index (χ0v) is 15.8. The number of nitrogens with one attached hydrogen (secondary N) is 3. The van der Waals surface area contributed by atoms with Gasteiger partial charge in [0.05, 0.1) is 12.2 Å². The Morgan fingerprint density at radius 3 is 2.62 bits per heavy atom. The molecule has 0 atom stereocenters. The fourth-order valence-electron chi connectivity index (χ4n) is 2.02. The molecule has 0 unspecified atom stereocenters. The molecule has 0 aliphatic heterocycles. The van der Waals surface area contributed by atoms with Crippen molar-refractivity contribution in [2.75, 3.05) is 13.6 Å². The number of unbranched alkanes of at least 4 members (excludes halogenated alkanes) is 3. The second kappa shape index (κ2) is 12.9. The Bertz CT molecular complexity index is 362. The molecule has 6 heteroatoms. The van der Waals surface area contributed by atoms with E-state index in [1.807, 2.05) is 6.07 Å². The summed E-state index contributed by atoms with van der Waals surface area (Å²) in [6.45, 7) is 6.27. The predicted molar refractivity (Wildman–Crippen MR) is 100 cm³/mol. The Labute approximate surface area is 145 Å². The molecule has 0 aliphatic carbocycles. The van der Waals surface area contributed by atoms with E-state index in [4.69, 9.17) is 0 Å². The standard InChI is InChI=1S/C15H29N5.HI/c1-13(2)8-6-4-5-7-10-17-15(16-3)18-12-14-9-11-19-20-14;/h9,11,13H,4-8,10,12H2,1-3H3,(H,19,20)(H2,16,17,18);1H. The minimum Gasteiger partial charge on any atom is -0.356 e. The number of rotatable bonds is 9. The van der Waals surface area contributed by atoms with Crippen LogP contribution in [0, 0.1) is 5.92 Å². The van der Waals surface area contributed by atoms with Crippen LogP contribution in [-0.4, -0.2) is 29.7 Å². The number of nitrogens with zero attached hydrogens (tertiary/aromatic N) is 2. The summed E-state index contributed by atoms with van der Waals surface area (Å²) in [5.74, 6) is 1.68. The first-order valence-corrected chi connectivity index (χ1v) is 7.65. The minimum atomic E-state index is 0. The number of aliphatic imine (C=N–C) groups is 1. The predicted octanol–water partition coefficient (Wildman–Crippen LogP) is 3.30. The summed E-state index contributed by atoms with van der Waals surface area (Å²) < 4.78 is 0. The van der Waals surface area contributed by atoms with Crippen molar-refractivity contribution in [2.24, 2.45) is 10.9 Å². The molecule has 0 fully saturated rings. The lowest BCUT2D eigenvalue weighted by Crippen LogP contribution is -2.37. The van der Waals surface area contributed by atoms with Gasteiger partial charge in [0.15, 0.2) is 5.96 Å². The first-order valence-electron chi connectivity index (χ1n) is 7.65. The van der Waals surface area contributed by atoms with Crippen LogP contribution in [0.15, 0.2) is 17.3 Å². The molecule has 1 aromatic heterocycles. The van der Waals surface area contributed by atoms with Crippen LogP contribution < -0.4 is 10.6 Å². The van der Waals surface area contributed by atoms with Gasteiger partial charge in [0.1, 0.15) is 0 Å². The molecule has 0 saturated heterocycles. The van der Waals surface area contributed by atoms with E-state index in [0.717, 1.165) is 24.1 Å². The van der Waals surface area contributed by atoms with Crippen molar-refractivity contribution in [1.82, 2.24) is 20.8 Å². The lowest BCUT2D eigenvalue weighted by Gasteiger charge is -2.11. The van der Waals surface area contributed by atoms with E-state index in [2.05, 4.69) is 39.7 Å². The second-order valence-corrected chi connectivity index (χ2v) is 5.53. The van der Waals surface area contributed by atoms with Crippen LogP contribution in [0.2, 0.25) is 0 Å². The summed E-state index contributed by atoms with van der Waals surface area (Å²) in [6.07, 6.45) is 8.27. The highest BCUT2D eigenvalue weighted by atomic mass is 127. The first kappa shape index (κ1) is 20.2. The van der Waals surface area contributed by atoms with Crippen LogP contribution in [0.5, 0.6) is 0 Å². The zero-order chi connectivity index (χ0) is 14.6. The molecule has 3 N–H and O–H groups in total. The lowest BCUT2D eigenvalue weighted by molar-refractivity contribution is 0.518. The van der Waals surface area contributed by atoms with Gasteiger partial charge in [0, 0.05) is 19.8 Å². The molecule has 1 rings (SSSR count). The molecule has 0 aliphatic rings. The van der Waals surface area contributed by atoms with Gasteiger partial charge in [-0.25, -0.2) is 0 Å². The van der Waals surface area contributed by atoms with Gasteiger partial charge in [0.2, 0.25) is 0 Å². The molecule has 0 spiro atoms. The van der Waals surface area contributed by atoms with Crippen molar-refractivity contribution >= 4 is 29.9 Å². The Morgan fingerprint density at radius 1 is 1.24 bits per heavy atom. The fourth-order valence-corrected chi connectivity index (χ4v) is 2.02. The summed E-state index contributed by atoms with van der Waals surface area (Å²) in [4.78, 5) is 4.20. The topological polar surface area (TPSA) is 65.1 Å². The van der Waals surface area contributed by atoms with Crippen LogP contribution in [-0.2, 0) is 6.54 Å².